The number of nitrogens with zero attached hydrogens (tertiary/aromatic N) is 2. The maximum Gasteiger partial charge on any atom is 0.240 e. The minimum atomic E-state index is -3.80. The number of hydrogen-bond acceptors (Lipinski definition) is 5. The second kappa shape index (κ2) is 8.69. The van der Waals surface area contributed by atoms with Gasteiger partial charge in [-0.25, -0.2) is 17.8 Å². The van der Waals surface area contributed by atoms with Crippen LogP contribution in [0.15, 0.2) is 78.0 Å². The largest absolute Gasteiger partial charge is 0.383 e. The summed E-state index contributed by atoms with van der Waals surface area (Å²) in [7, 11) is -3.80. The summed E-state index contributed by atoms with van der Waals surface area (Å²) in [6.45, 7) is 1.01. The fraction of sp³-hybridized carbons (Fsp3) is 0.318. The Morgan fingerprint density at radius 2 is 1.77 bits per heavy atom. The lowest BCUT2D eigenvalue weighted by Gasteiger charge is -2.39. The molecule has 0 bridgehead atoms. The van der Waals surface area contributed by atoms with Gasteiger partial charge in [0.05, 0.1) is 10.6 Å². The summed E-state index contributed by atoms with van der Waals surface area (Å²) in [5, 5.41) is 15.7. The molecule has 0 aliphatic carbocycles. The van der Waals surface area contributed by atoms with Gasteiger partial charge in [0.1, 0.15) is 5.60 Å². The van der Waals surface area contributed by atoms with Crippen molar-refractivity contribution in [3.8, 4) is 5.69 Å². The molecule has 1 fully saturated rings. The van der Waals surface area contributed by atoms with E-state index in [0.29, 0.717) is 31.6 Å². The van der Waals surface area contributed by atoms with Crippen molar-refractivity contribution >= 4 is 10.0 Å². The Morgan fingerprint density at radius 1 is 1.07 bits per heavy atom. The number of nitrogens with one attached hydrogen (secondary N) is 1. The fourth-order valence-electron chi connectivity index (χ4n) is 3.87. The number of sulfonamides is 1. The third kappa shape index (κ3) is 4.32. The molecule has 7 nitrogen and oxygen atoms in total. The average Bonchev–Trinajstić information content (AvgIpc) is 3.34. The minimum Gasteiger partial charge on any atom is -0.383 e. The van der Waals surface area contributed by atoms with Crippen molar-refractivity contribution < 1.29 is 18.3 Å². The highest BCUT2D eigenvalue weighted by atomic mass is 32.2. The highest BCUT2D eigenvalue weighted by Crippen LogP contribution is 2.36. The van der Waals surface area contributed by atoms with Crippen LogP contribution in [0.4, 0.5) is 0 Å². The number of hydrogen-bond donors (Lipinski definition) is 2. The molecule has 0 spiro atoms. The smallest absolute Gasteiger partial charge is 0.240 e. The summed E-state index contributed by atoms with van der Waals surface area (Å²) in [6.07, 6.45) is 4.79. The number of benzene rings is 2. The van der Waals surface area contributed by atoms with E-state index in [1.54, 1.807) is 35.3 Å². The number of aromatic nitrogens is 2. The number of ether oxygens (including phenoxy) is 1. The molecule has 2 heterocycles. The van der Waals surface area contributed by atoms with E-state index in [0.717, 1.165) is 5.69 Å². The van der Waals surface area contributed by atoms with E-state index in [2.05, 4.69) is 9.82 Å². The third-order valence-corrected chi connectivity index (χ3v) is 7.04. The summed E-state index contributed by atoms with van der Waals surface area (Å²) in [5.74, 6) is -0.0986. The van der Waals surface area contributed by atoms with Crippen LogP contribution in [0.2, 0.25) is 0 Å². The van der Waals surface area contributed by atoms with Gasteiger partial charge in [-0.1, -0.05) is 30.3 Å². The first-order valence-corrected chi connectivity index (χ1v) is 11.4. The summed E-state index contributed by atoms with van der Waals surface area (Å²) in [5.41, 5.74) is 0.156. The molecule has 4 rings (SSSR count). The van der Waals surface area contributed by atoms with Crippen molar-refractivity contribution in [1.29, 1.82) is 0 Å². The van der Waals surface area contributed by atoms with Gasteiger partial charge in [0.15, 0.2) is 0 Å². The van der Waals surface area contributed by atoms with Crippen LogP contribution in [0.1, 0.15) is 18.4 Å². The van der Waals surface area contributed by atoms with Crippen LogP contribution in [0.5, 0.6) is 0 Å². The van der Waals surface area contributed by atoms with Crippen molar-refractivity contribution in [1.82, 2.24) is 14.5 Å². The normalized spacial score (nSPS) is 17.5. The van der Waals surface area contributed by atoms with Gasteiger partial charge in [0, 0.05) is 32.2 Å². The Morgan fingerprint density at radius 3 is 2.40 bits per heavy atom. The molecule has 1 aliphatic heterocycles. The Hall–Kier alpha value is -2.52. The molecule has 1 atom stereocenters. The maximum atomic E-state index is 12.9. The van der Waals surface area contributed by atoms with Crippen LogP contribution in [0.3, 0.4) is 0 Å². The van der Waals surface area contributed by atoms with Gasteiger partial charge in [0.25, 0.3) is 0 Å². The molecule has 0 saturated carbocycles. The second-order valence-corrected chi connectivity index (χ2v) is 9.21. The van der Waals surface area contributed by atoms with E-state index >= 15 is 0 Å². The minimum absolute atomic E-state index is 0.0986. The first-order valence-electron chi connectivity index (χ1n) is 9.94. The van der Waals surface area contributed by atoms with E-state index < -0.39 is 15.6 Å². The predicted octanol–water partition coefficient (Wildman–Crippen LogP) is 2.46. The highest BCUT2D eigenvalue weighted by molar-refractivity contribution is 7.89. The summed E-state index contributed by atoms with van der Waals surface area (Å²) in [6, 6.07) is 17.5. The van der Waals surface area contributed by atoms with Crippen LogP contribution in [-0.4, -0.2) is 43.1 Å². The Balaban J connectivity index is 1.55. The molecule has 2 N–H and O–H groups in total. The van der Waals surface area contributed by atoms with Crippen molar-refractivity contribution in [3.63, 3.8) is 0 Å². The molecule has 158 valence electrons. The second-order valence-electron chi connectivity index (χ2n) is 7.45. The molecule has 30 heavy (non-hydrogen) atoms. The van der Waals surface area contributed by atoms with Crippen molar-refractivity contribution in [2.45, 2.75) is 23.3 Å². The molecule has 2 aromatic carbocycles. The van der Waals surface area contributed by atoms with Gasteiger partial charge in [0.2, 0.25) is 10.0 Å². The molecule has 1 aromatic heterocycles. The lowest BCUT2D eigenvalue weighted by Crippen LogP contribution is -2.47. The quantitative estimate of drug-likeness (QED) is 0.604. The first kappa shape index (κ1) is 20.7. The topological polar surface area (TPSA) is 93.5 Å². The Labute approximate surface area is 176 Å². The number of aliphatic hydroxyl groups is 1. The van der Waals surface area contributed by atoms with Crippen LogP contribution in [0, 0.1) is 5.92 Å². The Bertz CT molecular complexity index is 1050. The highest BCUT2D eigenvalue weighted by Gasteiger charge is 2.40. The van der Waals surface area contributed by atoms with E-state index in [1.165, 1.54) is 12.1 Å². The van der Waals surface area contributed by atoms with Gasteiger partial charge >= 0.3 is 0 Å². The van der Waals surface area contributed by atoms with Crippen LogP contribution < -0.4 is 4.72 Å². The predicted molar refractivity (Wildman–Crippen MR) is 113 cm³/mol. The van der Waals surface area contributed by atoms with Gasteiger partial charge < -0.3 is 9.84 Å². The fourth-order valence-corrected chi connectivity index (χ4v) is 4.94. The first-order chi connectivity index (χ1) is 14.5. The Kier molecular flexibility index (Phi) is 6.01. The van der Waals surface area contributed by atoms with E-state index in [-0.39, 0.29) is 17.4 Å². The molecule has 0 radical (unpaired) electrons. The van der Waals surface area contributed by atoms with E-state index in [1.807, 2.05) is 30.3 Å². The molecule has 8 heteroatoms. The lowest BCUT2D eigenvalue weighted by molar-refractivity contribution is -0.0663. The molecule has 0 amide bonds. The van der Waals surface area contributed by atoms with Gasteiger partial charge in [-0.05, 0) is 54.7 Å². The lowest BCUT2D eigenvalue weighted by atomic mass is 9.77. The zero-order valence-corrected chi connectivity index (χ0v) is 17.3. The summed E-state index contributed by atoms with van der Waals surface area (Å²) < 4.78 is 35.6. The summed E-state index contributed by atoms with van der Waals surface area (Å²) in [4.78, 5) is 0.140. The van der Waals surface area contributed by atoms with Crippen LogP contribution in [-0.2, 0) is 20.4 Å². The monoisotopic (exact) mass is 427 g/mol. The van der Waals surface area contributed by atoms with Crippen molar-refractivity contribution in [2.75, 3.05) is 19.8 Å². The van der Waals surface area contributed by atoms with Crippen LogP contribution >= 0.6 is 0 Å². The average molecular weight is 428 g/mol. The zero-order chi connectivity index (χ0) is 21.0. The molecule has 1 aliphatic rings. The molecular weight excluding hydrogens is 402 g/mol. The zero-order valence-electron chi connectivity index (χ0n) is 16.5. The SMILES string of the molecule is O=S(=O)(NC[C@@](O)(c1ccccc1)C1CCOCC1)c1ccc(-n2cccn2)cc1. The molecule has 1 saturated heterocycles. The number of rotatable bonds is 7. The van der Waals surface area contributed by atoms with Crippen molar-refractivity contribution in [2.24, 2.45) is 5.92 Å². The van der Waals surface area contributed by atoms with E-state index in [9.17, 15) is 13.5 Å². The molecule has 3 aromatic rings. The maximum absolute atomic E-state index is 12.9. The standard InChI is InChI=1S/C22H25N3O4S/c26-22(18-5-2-1-3-6-18,19-11-15-29-16-12-19)17-24-30(27,28)21-9-7-20(8-10-21)25-14-4-13-23-25/h1-10,13-14,19,24,26H,11-12,15-17H2/t22-/m1/s1. The van der Waals surface area contributed by atoms with Gasteiger partial charge in [-0.3, -0.25) is 0 Å². The van der Waals surface area contributed by atoms with Crippen LogP contribution in [0.25, 0.3) is 5.69 Å². The van der Waals surface area contributed by atoms with Gasteiger partial charge in [-0.2, -0.15) is 5.10 Å². The van der Waals surface area contributed by atoms with E-state index in [4.69, 9.17) is 4.74 Å². The van der Waals surface area contributed by atoms with Crippen molar-refractivity contribution in [3.05, 3.63) is 78.6 Å². The molecule has 0 unspecified atom stereocenters. The third-order valence-electron chi connectivity index (χ3n) is 5.62. The molecular formula is C22H25N3O4S. The van der Waals surface area contributed by atoms with Gasteiger partial charge in [-0.15, -0.1) is 0 Å². The summed E-state index contributed by atoms with van der Waals surface area (Å²) >= 11 is 0.